The third-order valence-corrected chi connectivity index (χ3v) is 4.59. The van der Waals surface area contributed by atoms with Gasteiger partial charge >= 0.3 is 0 Å². The zero-order chi connectivity index (χ0) is 16.9. The summed E-state index contributed by atoms with van der Waals surface area (Å²) in [4.78, 5) is 11.7. The zero-order valence-electron chi connectivity index (χ0n) is 13.1. The van der Waals surface area contributed by atoms with Crippen LogP contribution in [0.1, 0.15) is 5.56 Å². The van der Waals surface area contributed by atoms with Crippen molar-refractivity contribution in [2.75, 3.05) is 26.4 Å². The molecule has 0 atom stereocenters. The molecule has 0 unspecified atom stereocenters. The van der Waals surface area contributed by atoms with Crippen LogP contribution in [0.3, 0.4) is 0 Å². The first-order chi connectivity index (χ1) is 10.9. The van der Waals surface area contributed by atoms with E-state index in [1.807, 2.05) is 36.5 Å². The van der Waals surface area contributed by atoms with Gasteiger partial charge in [-0.25, -0.2) is 13.1 Å². The van der Waals surface area contributed by atoms with E-state index in [0.29, 0.717) is 13.0 Å². The molecule has 1 N–H and O–H groups in total. The molecule has 1 heterocycles. The highest BCUT2D eigenvalue weighted by Crippen LogP contribution is 2.07. The van der Waals surface area contributed by atoms with Crippen LogP contribution in [-0.4, -0.2) is 54.8 Å². The van der Waals surface area contributed by atoms with Gasteiger partial charge in [0.25, 0.3) is 0 Å². The van der Waals surface area contributed by atoms with Crippen molar-refractivity contribution in [1.82, 2.24) is 19.4 Å². The van der Waals surface area contributed by atoms with Gasteiger partial charge in [-0.2, -0.15) is 9.40 Å². The third kappa shape index (κ3) is 5.19. The van der Waals surface area contributed by atoms with Crippen molar-refractivity contribution in [1.29, 1.82) is 0 Å². The largest absolute Gasteiger partial charge is 0.355 e. The quantitative estimate of drug-likeness (QED) is 0.794. The average Bonchev–Trinajstić information content (AvgIpc) is 2.96. The van der Waals surface area contributed by atoms with Crippen LogP contribution in [0.25, 0.3) is 5.69 Å². The number of aromatic nitrogens is 2. The maximum atomic E-state index is 11.7. The van der Waals surface area contributed by atoms with Crippen LogP contribution in [0.4, 0.5) is 0 Å². The summed E-state index contributed by atoms with van der Waals surface area (Å²) in [6.45, 7) is 0.249. The van der Waals surface area contributed by atoms with Gasteiger partial charge in [-0.3, -0.25) is 4.79 Å². The number of nitrogens with one attached hydrogen (secondary N) is 1. The van der Waals surface area contributed by atoms with E-state index in [-0.39, 0.29) is 12.5 Å². The highest BCUT2D eigenvalue weighted by atomic mass is 32.2. The van der Waals surface area contributed by atoms with Crippen molar-refractivity contribution in [2.24, 2.45) is 0 Å². The zero-order valence-corrected chi connectivity index (χ0v) is 14.0. The lowest BCUT2D eigenvalue weighted by Crippen LogP contribution is -2.38. The number of carbonyl (C=O) groups excluding carboxylic acids is 1. The molecule has 2 aromatic rings. The lowest BCUT2D eigenvalue weighted by molar-refractivity contribution is -0.121. The van der Waals surface area contributed by atoms with Crippen LogP contribution in [-0.2, 0) is 21.2 Å². The maximum Gasteiger partial charge on any atom is 0.235 e. The number of nitrogens with zero attached hydrogens (tertiary/aromatic N) is 3. The van der Waals surface area contributed by atoms with Crippen molar-refractivity contribution in [2.45, 2.75) is 6.42 Å². The van der Waals surface area contributed by atoms with Gasteiger partial charge < -0.3 is 5.32 Å². The fourth-order valence-electron chi connectivity index (χ4n) is 1.93. The minimum Gasteiger partial charge on any atom is -0.355 e. The van der Waals surface area contributed by atoms with Crippen LogP contribution in [0.15, 0.2) is 42.7 Å². The molecule has 8 heteroatoms. The number of carbonyl (C=O) groups is 1. The highest BCUT2D eigenvalue weighted by Gasteiger charge is 2.14. The molecule has 0 aliphatic carbocycles. The van der Waals surface area contributed by atoms with Gasteiger partial charge in [0, 0.05) is 19.8 Å². The van der Waals surface area contributed by atoms with E-state index in [9.17, 15) is 13.2 Å². The average molecular weight is 336 g/mol. The minimum absolute atomic E-state index is 0.178. The number of para-hydroxylation sites is 1. The molecule has 2 rings (SSSR count). The minimum atomic E-state index is -3.34. The first-order valence-electron chi connectivity index (χ1n) is 7.13. The van der Waals surface area contributed by atoms with Gasteiger partial charge in [0.05, 0.1) is 24.7 Å². The summed E-state index contributed by atoms with van der Waals surface area (Å²) in [7, 11) is -1.97. The van der Waals surface area contributed by atoms with Crippen LogP contribution < -0.4 is 5.32 Å². The van der Waals surface area contributed by atoms with E-state index in [0.717, 1.165) is 21.8 Å². The summed E-state index contributed by atoms with van der Waals surface area (Å²) in [6.07, 6.45) is 5.35. The van der Waals surface area contributed by atoms with Crippen LogP contribution in [0.5, 0.6) is 0 Å². The molecule has 7 nitrogen and oxygen atoms in total. The maximum absolute atomic E-state index is 11.7. The van der Waals surface area contributed by atoms with Crippen molar-refractivity contribution in [3.8, 4) is 5.69 Å². The molecule has 1 aromatic heterocycles. The van der Waals surface area contributed by atoms with Gasteiger partial charge in [0.1, 0.15) is 0 Å². The van der Waals surface area contributed by atoms with Gasteiger partial charge in [0.15, 0.2) is 0 Å². The molecule has 0 radical (unpaired) electrons. The number of likely N-dealkylation sites (N-methyl/N-ethyl adjacent to an activating group) is 1. The Labute approximate surface area is 136 Å². The Morgan fingerprint density at radius 2 is 2.00 bits per heavy atom. The number of hydrogen-bond donors (Lipinski definition) is 1. The predicted octanol–water partition coefficient (Wildman–Crippen LogP) is 0.422. The smallest absolute Gasteiger partial charge is 0.235 e. The van der Waals surface area contributed by atoms with Crippen molar-refractivity contribution in [3.05, 3.63) is 48.3 Å². The predicted molar refractivity (Wildman–Crippen MR) is 87.8 cm³/mol. The molecule has 124 valence electrons. The molecule has 0 saturated heterocycles. The molecule has 0 aliphatic heterocycles. The lowest BCUT2D eigenvalue weighted by atomic mass is 10.2. The van der Waals surface area contributed by atoms with E-state index in [4.69, 9.17) is 0 Å². The van der Waals surface area contributed by atoms with Crippen LogP contribution in [0.2, 0.25) is 0 Å². The second kappa shape index (κ2) is 7.38. The fraction of sp³-hybridized carbons (Fsp3) is 0.333. The second-order valence-electron chi connectivity index (χ2n) is 5.25. The van der Waals surface area contributed by atoms with Crippen molar-refractivity contribution >= 4 is 15.9 Å². The number of amides is 1. The summed E-state index contributed by atoms with van der Waals surface area (Å²) in [5, 5.41) is 6.98. The summed E-state index contributed by atoms with van der Waals surface area (Å²) in [6, 6.07) is 9.74. The molecule has 0 aliphatic rings. The second-order valence-corrected chi connectivity index (χ2v) is 7.34. The Balaban J connectivity index is 1.81. The molecule has 0 bridgehead atoms. The monoisotopic (exact) mass is 336 g/mol. The summed E-state index contributed by atoms with van der Waals surface area (Å²) in [5.41, 5.74) is 1.96. The highest BCUT2D eigenvalue weighted by molar-refractivity contribution is 7.88. The van der Waals surface area contributed by atoms with E-state index in [2.05, 4.69) is 10.4 Å². The standard InChI is InChI=1S/C15H20N4O3S/c1-18(23(2,21)22)12-15(20)16-9-8-13-10-17-19(11-13)14-6-4-3-5-7-14/h3-7,10-11H,8-9,12H2,1-2H3,(H,16,20). The molecule has 0 fully saturated rings. The fourth-order valence-corrected chi connectivity index (χ4v) is 2.28. The Bertz CT molecular complexity index is 756. The van der Waals surface area contributed by atoms with Gasteiger partial charge in [0.2, 0.25) is 15.9 Å². The normalized spacial score (nSPS) is 11.6. The number of benzene rings is 1. The van der Waals surface area contributed by atoms with E-state index in [1.165, 1.54) is 7.05 Å². The van der Waals surface area contributed by atoms with Gasteiger partial charge in [-0.15, -0.1) is 0 Å². The van der Waals surface area contributed by atoms with Gasteiger partial charge in [-0.1, -0.05) is 18.2 Å². The SMILES string of the molecule is CN(CC(=O)NCCc1cnn(-c2ccccc2)c1)S(C)(=O)=O. The molecule has 1 amide bonds. The molecular formula is C15H20N4O3S. The lowest BCUT2D eigenvalue weighted by Gasteiger charge is -2.13. The van der Waals surface area contributed by atoms with E-state index >= 15 is 0 Å². The van der Waals surface area contributed by atoms with Crippen LogP contribution >= 0.6 is 0 Å². The van der Waals surface area contributed by atoms with Crippen LogP contribution in [0, 0.1) is 0 Å². The Morgan fingerprint density at radius 3 is 2.65 bits per heavy atom. The molecular weight excluding hydrogens is 316 g/mol. The van der Waals surface area contributed by atoms with Crippen molar-refractivity contribution in [3.63, 3.8) is 0 Å². The summed E-state index contributed by atoms with van der Waals surface area (Å²) < 4.78 is 25.3. The van der Waals surface area contributed by atoms with Gasteiger partial charge in [-0.05, 0) is 24.1 Å². The topological polar surface area (TPSA) is 84.3 Å². The molecule has 23 heavy (non-hydrogen) atoms. The van der Waals surface area contributed by atoms with E-state index in [1.54, 1.807) is 10.9 Å². The first kappa shape index (κ1) is 17.2. The molecule has 0 saturated carbocycles. The Hall–Kier alpha value is -2.19. The number of sulfonamides is 1. The first-order valence-corrected chi connectivity index (χ1v) is 8.98. The third-order valence-electron chi connectivity index (χ3n) is 3.33. The number of hydrogen-bond acceptors (Lipinski definition) is 4. The molecule has 0 spiro atoms. The Morgan fingerprint density at radius 1 is 1.30 bits per heavy atom. The summed E-state index contributed by atoms with van der Waals surface area (Å²) >= 11 is 0. The Kier molecular flexibility index (Phi) is 5.51. The molecule has 1 aromatic carbocycles. The number of rotatable bonds is 7. The van der Waals surface area contributed by atoms with E-state index < -0.39 is 10.0 Å². The van der Waals surface area contributed by atoms with Crippen molar-refractivity contribution < 1.29 is 13.2 Å². The summed E-state index contributed by atoms with van der Waals surface area (Å²) in [5.74, 6) is -0.326.